The first-order chi connectivity index (χ1) is 20.7. The minimum Gasteiger partial charge on any atom is -0.479 e. The molecule has 2 aromatic rings. The van der Waals surface area contributed by atoms with Crippen LogP contribution in [0.5, 0.6) is 0 Å². The van der Waals surface area contributed by atoms with Crippen molar-refractivity contribution >= 4 is 29.1 Å². The minimum atomic E-state index is -3.31. The molecule has 238 valence electrons. The number of aliphatic imine (C=N–C) groups is 1. The Labute approximate surface area is 253 Å². The molecule has 16 heteroatoms. The zero-order valence-electron chi connectivity index (χ0n) is 24.0. The fourth-order valence-electron chi connectivity index (χ4n) is 5.64. The summed E-state index contributed by atoms with van der Waals surface area (Å²) < 4.78 is 65.1. The van der Waals surface area contributed by atoms with Gasteiger partial charge in [-0.15, -0.1) is 11.3 Å². The third-order valence-corrected chi connectivity index (χ3v) is 8.75. The van der Waals surface area contributed by atoms with Crippen LogP contribution in [0.4, 0.5) is 17.6 Å². The summed E-state index contributed by atoms with van der Waals surface area (Å²) in [5, 5.41) is 25.5. The molecule has 3 aliphatic rings. The number of carboxylic acid groups (broad SMARTS) is 1. The number of nitrogens with one attached hydrogen (secondary N) is 1. The Morgan fingerprint density at radius 2 is 2.07 bits per heavy atom. The van der Waals surface area contributed by atoms with Crippen molar-refractivity contribution in [2.45, 2.75) is 56.8 Å². The van der Waals surface area contributed by atoms with Crippen LogP contribution < -0.4 is 5.32 Å². The van der Waals surface area contributed by atoms with Crippen LogP contribution in [-0.4, -0.2) is 99.4 Å². The van der Waals surface area contributed by atoms with Gasteiger partial charge in [-0.3, -0.25) is 14.7 Å². The molecule has 44 heavy (non-hydrogen) atoms. The average Bonchev–Trinajstić information content (AvgIpc) is 3.70. The average molecular weight is 642 g/mol. The molecule has 1 aromatic carbocycles. The van der Waals surface area contributed by atoms with E-state index in [9.17, 15) is 28.6 Å². The summed E-state index contributed by atoms with van der Waals surface area (Å²) in [5.41, 5.74) is -1.92. The Morgan fingerprint density at radius 1 is 1.32 bits per heavy atom. The summed E-state index contributed by atoms with van der Waals surface area (Å²) in [4.78, 5) is 40.6. The Bertz CT molecular complexity index is 1500. The highest BCUT2D eigenvalue weighted by Crippen LogP contribution is 2.42. The van der Waals surface area contributed by atoms with E-state index in [2.05, 4.69) is 15.3 Å². The van der Waals surface area contributed by atoms with E-state index in [1.54, 1.807) is 12.3 Å². The predicted octanol–water partition coefficient (Wildman–Crippen LogP) is 2.80. The van der Waals surface area contributed by atoms with E-state index < -0.39 is 59.8 Å². The number of benzene rings is 1. The van der Waals surface area contributed by atoms with Crippen molar-refractivity contribution in [2.75, 3.05) is 32.8 Å². The van der Waals surface area contributed by atoms with Crippen LogP contribution in [0.1, 0.15) is 42.4 Å². The van der Waals surface area contributed by atoms with Crippen LogP contribution in [0, 0.1) is 18.6 Å². The van der Waals surface area contributed by atoms with Gasteiger partial charge in [0, 0.05) is 36.8 Å². The molecule has 5 rings (SSSR count). The summed E-state index contributed by atoms with van der Waals surface area (Å²) in [7, 11) is 0. The van der Waals surface area contributed by atoms with Crippen molar-refractivity contribution in [3.05, 3.63) is 62.7 Å². The molecule has 0 unspecified atom stereocenters. The van der Waals surface area contributed by atoms with E-state index in [0.29, 0.717) is 5.01 Å². The quantitative estimate of drug-likeness (QED) is 0.263. The number of hydrogen-bond donors (Lipinski definition) is 3. The number of carbonyl (C=O) groups is 2. The number of aliphatic carboxylic acids is 1. The molecule has 3 aliphatic heterocycles. The molecule has 1 aromatic heterocycles. The number of nitrogens with zero attached hydrogens (tertiary/aromatic N) is 4. The van der Waals surface area contributed by atoms with Crippen molar-refractivity contribution in [2.24, 2.45) is 4.99 Å². The Hall–Kier alpha value is -3.44. The topological polar surface area (TPSA) is 137 Å². The van der Waals surface area contributed by atoms with Gasteiger partial charge < -0.3 is 20.3 Å². The Morgan fingerprint density at radius 3 is 2.73 bits per heavy atom. The second kappa shape index (κ2) is 12.2. The van der Waals surface area contributed by atoms with Gasteiger partial charge in [-0.1, -0.05) is 6.07 Å². The zero-order valence-corrected chi connectivity index (χ0v) is 24.8. The molecule has 0 aliphatic carbocycles. The van der Waals surface area contributed by atoms with E-state index in [1.165, 1.54) is 35.4 Å². The maximum absolute atomic E-state index is 15.5. The SMILES string of the molecule is CCOC(=O)C1=C(CN2CC(F)(F)[C@H]3[C@@H]2CON3CC[C@](C)(O)C(=O)O)NC(c2nccs2)=N[C@@H]1c1ccc(F)c(F)c1C. The van der Waals surface area contributed by atoms with Crippen molar-refractivity contribution in [3.63, 3.8) is 0 Å². The van der Waals surface area contributed by atoms with Gasteiger partial charge in [0.05, 0.1) is 31.4 Å². The normalized spacial score (nSPS) is 24.9. The van der Waals surface area contributed by atoms with Crippen molar-refractivity contribution in [3.8, 4) is 0 Å². The number of hydroxylamine groups is 2. The second-order valence-electron chi connectivity index (χ2n) is 11.0. The molecule has 3 N–H and O–H groups in total. The molecule has 11 nitrogen and oxygen atoms in total. The molecule has 2 saturated heterocycles. The highest BCUT2D eigenvalue weighted by Gasteiger charge is 2.61. The number of esters is 1. The van der Waals surface area contributed by atoms with Crippen LogP contribution in [0.15, 0.2) is 40.0 Å². The number of amidine groups is 1. The number of aliphatic hydroxyl groups is 1. The Kier molecular flexibility index (Phi) is 8.83. The second-order valence-corrected chi connectivity index (χ2v) is 11.9. The van der Waals surface area contributed by atoms with E-state index >= 15 is 8.78 Å². The lowest BCUT2D eigenvalue weighted by atomic mass is 9.92. The van der Waals surface area contributed by atoms with Crippen molar-refractivity contribution in [1.82, 2.24) is 20.3 Å². The standard InChI is InChI=1S/C28H31F4N5O6S/c1-4-42-25(38)19-17(11-36-13-28(31,32)22-18(36)12-43-37(22)9-7-27(3,41)26(39)40)34-23(24-33-8-10-44-24)35-21(19)15-5-6-16(29)20(30)14(15)2/h5-6,8,10,18,21-22,41H,4,7,9,11-13H2,1-3H3,(H,34,35)(H,39,40)/t18-,21+,22+,27-/m0/s1. The third kappa shape index (κ3) is 5.96. The van der Waals surface area contributed by atoms with E-state index in [1.807, 2.05) is 0 Å². The first-order valence-electron chi connectivity index (χ1n) is 13.8. The van der Waals surface area contributed by atoms with E-state index in [0.717, 1.165) is 18.1 Å². The highest BCUT2D eigenvalue weighted by atomic mass is 32.1. The van der Waals surface area contributed by atoms with Gasteiger partial charge in [-0.25, -0.2) is 32.1 Å². The number of likely N-dealkylation sites (tertiary alicyclic amines) is 1. The number of hydrogen-bond acceptors (Lipinski definition) is 11. The smallest absolute Gasteiger partial charge is 0.338 e. The summed E-state index contributed by atoms with van der Waals surface area (Å²) >= 11 is 1.23. The number of halogens is 4. The fourth-order valence-corrected chi connectivity index (χ4v) is 6.22. The third-order valence-electron chi connectivity index (χ3n) is 7.97. The fraction of sp³-hybridized carbons (Fsp3) is 0.500. The van der Waals surface area contributed by atoms with Crippen LogP contribution in [0.25, 0.3) is 0 Å². The Balaban J connectivity index is 1.52. The number of aromatic nitrogens is 1. The van der Waals surface area contributed by atoms with Crippen LogP contribution in [0.3, 0.4) is 0 Å². The molecule has 4 atom stereocenters. The van der Waals surface area contributed by atoms with Gasteiger partial charge >= 0.3 is 11.9 Å². The maximum Gasteiger partial charge on any atom is 0.338 e. The number of carboxylic acids is 1. The van der Waals surface area contributed by atoms with Gasteiger partial charge in [0.15, 0.2) is 28.1 Å². The first-order valence-corrected chi connectivity index (χ1v) is 14.7. The monoisotopic (exact) mass is 641 g/mol. The molecule has 4 heterocycles. The van der Waals surface area contributed by atoms with Gasteiger partial charge in [-0.05, 0) is 38.0 Å². The number of rotatable bonds is 10. The van der Waals surface area contributed by atoms with Gasteiger partial charge in [0.1, 0.15) is 12.1 Å². The molecule has 0 bridgehead atoms. The number of thiazole rings is 1. The number of fused-ring (bicyclic) bond motifs is 1. The number of ether oxygens (including phenoxy) is 1. The molecule has 2 fully saturated rings. The van der Waals surface area contributed by atoms with Gasteiger partial charge in [-0.2, -0.15) is 5.06 Å². The summed E-state index contributed by atoms with van der Waals surface area (Å²) in [6.07, 6.45) is 1.17. The van der Waals surface area contributed by atoms with E-state index in [-0.39, 0.29) is 61.0 Å². The molecule has 0 amide bonds. The van der Waals surface area contributed by atoms with Crippen LogP contribution in [0.2, 0.25) is 0 Å². The largest absolute Gasteiger partial charge is 0.479 e. The predicted molar refractivity (Wildman–Crippen MR) is 149 cm³/mol. The van der Waals surface area contributed by atoms with Crippen molar-refractivity contribution in [1.29, 1.82) is 0 Å². The van der Waals surface area contributed by atoms with Gasteiger partial charge in [0.2, 0.25) is 0 Å². The zero-order chi connectivity index (χ0) is 32.0. The van der Waals surface area contributed by atoms with Crippen molar-refractivity contribution < 1.29 is 46.9 Å². The molecule has 0 saturated carbocycles. The lowest BCUT2D eigenvalue weighted by Crippen LogP contribution is -2.47. The summed E-state index contributed by atoms with van der Waals surface area (Å²) in [6, 6.07) is -1.26. The summed E-state index contributed by atoms with van der Waals surface area (Å²) in [5.74, 6) is -7.58. The highest BCUT2D eigenvalue weighted by molar-refractivity contribution is 7.11. The summed E-state index contributed by atoms with van der Waals surface area (Å²) in [6.45, 7) is 2.64. The molecular formula is C28H31F4N5O6S. The maximum atomic E-state index is 15.5. The van der Waals surface area contributed by atoms with Gasteiger partial charge in [0.25, 0.3) is 5.92 Å². The molecule has 0 spiro atoms. The lowest BCUT2D eigenvalue weighted by Gasteiger charge is -2.31. The molecular weight excluding hydrogens is 610 g/mol. The minimum absolute atomic E-state index is 0.0163. The molecule has 0 radical (unpaired) electrons. The van der Waals surface area contributed by atoms with Crippen LogP contribution >= 0.6 is 11.3 Å². The number of carbonyl (C=O) groups excluding carboxylic acids is 1. The van der Waals surface area contributed by atoms with E-state index in [4.69, 9.17) is 9.57 Å². The number of alkyl halides is 2. The van der Waals surface area contributed by atoms with Crippen LogP contribution in [-0.2, 0) is 19.2 Å². The first kappa shape index (κ1) is 32.0. The lowest BCUT2D eigenvalue weighted by molar-refractivity contribution is -0.190.